The smallest absolute Gasteiger partial charge is 0.252 e. The highest BCUT2D eigenvalue weighted by Crippen LogP contribution is 2.18. The lowest BCUT2D eigenvalue weighted by atomic mass is 10.0. The SMILES string of the molecule is CC(C)(C)NC(=O)c1cccc2ccccc12. The van der Waals surface area contributed by atoms with E-state index in [1.54, 1.807) is 0 Å². The van der Waals surface area contributed by atoms with Crippen LogP contribution in [0.2, 0.25) is 0 Å². The molecule has 0 saturated heterocycles. The molecule has 17 heavy (non-hydrogen) atoms. The monoisotopic (exact) mass is 227 g/mol. The minimum Gasteiger partial charge on any atom is -0.347 e. The van der Waals surface area contributed by atoms with Gasteiger partial charge in [0.05, 0.1) is 0 Å². The topological polar surface area (TPSA) is 29.1 Å². The van der Waals surface area contributed by atoms with E-state index in [1.165, 1.54) is 0 Å². The summed E-state index contributed by atoms with van der Waals surface area (Å²) < 4.78 is 0. The van der Waals surface area contributed by atoms with Crippen molar-refractivity contribution in [2.75, 3.05) is 0 Å². The maximum absolute atomic E-state index is 12.2. The standard InChI is InChI=1S/C15H17NO/c1-15(2,3)16-14(17)13-10-6-8-11-7-4-5-9-12(11)13/h4-10H,1-3H3,(H,16,17). The van der Waals surface area contributed by atoms with Crippen molar-refractivity contribution < 1.29 is 4.79 Å². The lowest BCUT2D eigenvalue weighted by molar-refractivity contribution is 0.0921. The zero-order valence-corrected chi connectivity index (χ0v) is 10.4. The van der Waals surface area contributed by atoms with Gasteiger partial charge >= 0.3 is 0 Å². The van der Waals surface area contributed by atoms with E-state index < -0.39 is 0 Å². The average Bonchev–Trinajstić information content (AvgIpc) is 2.26. The van der Waals surface area contributed by atoms with Gasteiger partial charge < -0.3 is 5.32 Å². The quantitative estimate of drug-likeness (QED) is 0.795. The maximum atomic E-state index is 12.2. The van der Waals surface area contributed by atoms with Crippen molar-refractivity contribution in [3.8, 4) is 0 Å². The van der Waals surface area contributed by atoms with Gasteiger partial charge in [0.25, 0.3) is 5.91 Å². The van der Waals surface area contributed by atoms with Crippen LogP contribution in [-0.4, -0.2) is 11.4 Å². The molecule has 88 valence electrons. The van der Waals surface area contributed by atoms with E-state index in [0.717, 1.165) is 16.3 Å². The number of hydrogen-bond acceptors (Lipinski definition) is 1. The number of fused-ring (bicyclic) bond motifs is 1. The summed E-state index contributed by atoms with van der Waals surface area (Å²) in [6.45, 7) is 5.95. The van der Waals surface area contributed by atoms with Crippen LogP contribution in [0.5, 0.6) is 0 Å². The molecule has 1 N–H and O–H groups in total. The number of rotatable bonds is 1. The molecule has 2 aromatic carbocycles. The number of nitrogens with one attached hydrogen (secondary N) is 1. The summed E-state index contributed by atoms with van der Waals surface area (Å²) in [6, 6.07) is 13.7. The van der Waals surface area contributed by atoms with Gasteiger partial charge in [-0.3, -0.25) is 4.79 Å². The normalized spacial score (nSPS) is 11.5. The Morgan fingerprint density at radius 1 is 1.00 bits per heavy atom. The molecule has 0 radical (unpaired) electrons. The van der Waals surface area contributed by atoms with Crippen LogP contribution in [0.25, 0.3) is 10.8 Å². The molecule has 0 spiro atoms. The Balaban J connectivity index is 2.45. The van der Waals surface area contributed by atoms with Gasteiger partial charge in [-0.2, -0.15) is 0 Å². The van der Waals surface area contributed by atoms with Gasteiger partial charge in [0.15, 0.2) is 0 Å². The van der Waals surface area contributed by atoms with Crippen molar-refractivity contribution in [1.82, 2.24) is 5.32 Å². The van der Waals surface area contributed by atoms with Crippen LogP contribution in [0.3, 0.4) is 0 Å². The fourth-order valence-electron chi connectivity index (χ4n) is 1.83. The van der Waals surface area contributed by atoms with Crippen molar-refractivity contribution in [3.63, 3.8) is 0 Å². The largest absolute Gasteiger partial charge is 0.347 e. The third-order valence-corrected chi connectivity index (χ3v) is 2.52. The Morgan fingerprint density at radius 2 is 1.65 bits per heavy atom. The molecular weight excluding hydrogens is 210 g/mol. The molecule has 0 aliphatic carbocycles. The summed E-state index contributed by atoms with van der Waals surface area (Å²) in [5, 5.41) is 5.08. The number of carbonyl (C=O) groups is 1. The summed E-state index contributed by atoms with van der Waals surface area (Å²) in [4.78, 5) is 12.2. The second-order valence-corrected chi connectivity index (χ2v) is 5.23. The lowest BCUT2D eigenvalue weighted by Gasteiger charge is -2.21. The van der Waals surface area contributed by atoms with Gasteiger partial charge in [-0.15, -0.1) is 0 Å². The highest BCUT2D eigenvalue weighted by Gasteiger charge is 2.16. The summed E-state index contributed by atoms with van der Waals surface area (Å²) in [5.74, 6) is -0.0192. The molecular formula is C15H17NO. The first-order valence-corrected chi connectivity index (χ1v) is 5.78. The Hall–Kier alpha value is -1.83. The zero-order valence-electron chi connectivity index (χ0n) is 10.4. The minimum absolute atomic E-state index is 0.0192. The van der Waals surface area contributed by atoms with Crippen LogP contribution in [0.15, 0.2) is 42.5 Å². The second kappa shape index (κ2) is 4.21. The third kappa shape index (κ3) is 2.64. The van der Waals surface area contributed by atoms with Crippen LogP contribution >= 0.6 is 0 Å². The molecule has 2 aromatic rings. The number of carbonyl (C=O) groups excluding carboxylic acids is 1. The fraction of sp³-hybridized carbons (Fsp3) is 0.267. The number of amides is 1. The third-order valence-electron chi connectivity index (χ3n) is 2.52. The van der Waals surface area contributed by atoms with Gasteiger partial charge in [0.1, 0.15) is 0 Å². The first kappa shape index (κ1) is 11.6. The molecule has 0 aliphatic rings. The van der Waals surface area contributed by atoms with Crippen molar-refractivity contribution in [3.05, 3.63) is 48.0 Å². The van der Waals surface area contributed by atoms with Gasteiger partial charge in [0, 0.05) is 11.1 Å². The molecule has 0 aliphatic heterocycles. The van der Waals surface area contributed by atoms with Gasteiger partial charge in [0.2, 0.25) is 0 Å². The van der Waals surface area contributed by atoms with E-state index in [0.29, 0.717) is 0 Å². The number of benzene rings is 2. The summed E-state index contributed by atoms with van der Waals surface area (Å²) in [7, 11) is 0. The molecule has 1 amide bonds. The van der Waals surface area contributed by atoms with Crippen LogP contribution in [0.1, 0.15) is 31.1 Å². The van der Waals surface area contributed by atoms with Crippen molar-refractivity contribution in [2.24, 2.45) is 0 Å². The second-order valence-electron chi connectivity index (χ2n) is 5.23. The first-order chi connectivity index (χ1) is 7.97. The average molecular weight is 227 g/mol. The summed E-state index contributed by atoms with van der Waals surface area (Å²) >= 11 is 0. The Morgan fingerprint density at radius 3 is 2.35 bits per heavy atom. The maximum Gasteiger partial charge on any atom is 0.252 e. The minimum atomic E-state index is -0.214. The predicted molar refractivity (Wildman–Crippen MR) is 71.2 cm³/mol. The van der Waals surface area contributed by atoms with Gasteiger partial charge in [-0.25, -0.2) is 0 Å². The molecule has 0 atom stereocenters. The van der Waals surface area contributed by atoms with Gasteiger partial charge in [-0.05, 0) is 37.6 Å². The zero-order chi connectivity index (χ0) is 12.5. The Labute approximate surface area is 102 Å². The van der Waals surface area contributed by atoms with Gasteiger partial charge in [-0.1, -0.05) is 36.4 Å². The highest BCUT2D eigenvalue weighted by atomic mass is 16.1. The predicted octanol–water partition coefficient (Wildman–Crippen LogP) is 3.37. The lowest BCUT2D eigenvalue weighted by Crippen LogP contribution is -2.40. The van der Waals surface area contributed by atoms with E-state index in [9.17, 15) is 4.79 Å². The van der Waals surface area contributed by atoms with E-state index in [4.69, 9.17) is 0 Å². The van der Waals surface area contributed by atoms with Crippen LogP contribution in [0.4, 0.5) is 0 Å². The highest BCUT2D eigenvalue weighted by molar-refractivity contribution is 6.07. The summed E-state index contributed by atoms with van der Waals surface area (Å²) in [5.41, 5.74) is 0.520. The van der Waals surface area contributed by atoms with Crippen molar-refractivity contribution in [1.29, 1.82) is 0 Å². The van der Waals surface area contributed by atoms with E-state index in [1.807, 2.05) is 63.2 Å². The number of hydrogen-bond donors (Lipinski definition) is 1. The summed E-state index contributed by atoms with van der Waals surface area (Å²) in [6.07, 6.45) is 0. The van der Waals surface area contributed by atoms with Crippen molar-refractivity contribution >= 4 is 16.7 Å². The Kier molecular flexibility index (Phi) is 2.88. The molecule has 2 rings (SSSR count). The molecule has 2 heteroatoms. The molecule has 0 bridgehead atoms. The van der Waals surface area contributed by atoms with E-state index in [-0.39, 0.29) is 11.4 Å². The molecule has 2 nitrogen and oxygen atoms in total. The fourth-order valence-corrected chi connectivity index (χ4v) is 1.83. The molecule has 0 unspecified atom stereocenters. The molecule has 0 saturated carbocycles. The Bertz CT molecular complexity index is 547. The molecule has 0 aromatic heterocycles. The van der Waals surface area contributed by atoms with Crippen LogP contribution in [-0.2, 0) is 0 Å². The van der Waals surface area contributed by atoms with Crippen LogP contribution < -0.4 is 5.32 Å². The van der Waals surface area contributed by atoms with E-state index >= 15 is 0 Å². The molecule has 0 heterocycles. The first-order valence-electron chi connectivity index (χ1n) is 5.78. The van der Waals surface area contributed by atoms with Crippen molar-refractivity contribution in [2.45, 2.75) is 26.3 Å². The molecule has 0 fully saturated rings. The van der Waals surface area contributed by atoms with E-state index in [2.05, 4.69) is 5.32 Å². The van der Waals surface area contributed by atoms with Crippen LogP contribution in [0, 0.1) is 0 Å².